The van der Waals surface area contributed by atoms with Crippen molar-refractivity contribution in [3.63, 3.8) is 0 Å². The molecule has 2 rings (SSSR count). The molecule has 1 aromatic heterocycles. The summed E-state index contributed by atoms with van der Waals surface area (Å²) in [5, 5.41) is 6.95. The summed E-state index contributed by atoms with van der Waals surface area (Å²) in [6, 6.07) is 7.57. The van der Waals surface area contributed by atoms with E-state index in [-0.39, 0.29) is 10.8 Å². The summed E-state index contributed by atoms with van der Waals surface area (Å²) >= 11 is 0. The minimum absolute atomic E-state index is 0.189. The summed E-state index contributed by atoms with van der Waals surface area (Å²) in [6.45, 7) is 4.84. The molecule has 0 saturated heterocycles. The number of rotatable bonds is 5. The van der Waals surface area contributed by atoms with Crippen molar-refractivity contribution in [1.82, 2.24) is 9.78 Å². The lowest BCUT2D eigenvalue weighted by Gasteiger charge is -2.11. The third kappa shape index (κ3) is 3.94. The summed E-state index contributed by atoms with van der Waals surface area (Å²) < 4.78 is 24.5. The Labute approximate surface area is 130 Å². The van der Waals surface area contributed by atoms with Gasteiger partial charge in [-0.3, -0.25) is 4.79 Å². The molecule has 1 aromatic carbocycles. The zero-order chi connectivity index (χ0) is 16.3. The second-order valence-corrected chi connectivity index (χ2v) is 7.56. The SMILES string of the molecule is CC(C)Cn1nccc1NC(=O)c1ccc(S(C)(=O)=O)cc1. The number of carbonyl (C=O) groups is 1. The first-order chi connectivity index (χ1) is 10.3. The van der Waals surface area contributed by atoms with Gasteiger partial charge in [0.2, 0.25) is 0 Å². The molecule has 6 nitrogen and oxygen atoms in total. The van der Waals surface area contributed by atoms with Crippen LogP contribution in [0.2, 0.25) is 0 Å². The van der Waals surface area contributed by atoms with Crippen LogP contribution in [0.1, 0.15) is 24.2 Å². The Morgan fingerprint density at radius 3 is 2.41 bits per heavy atom. The molecule has 1 N–H and O–H groups in total. The van der Waals surface area contributed by atoms with Gasteiger partial charge in [-0.2, -0.15) is 5.10 Å². The van der Waals surface area contributed by atoms with Gasteiger partial charge in [-0.1, -0.05) is 13.8 Å². The van der Waals surface area contributed by atoms with Gasteiger partial charge in [-0.25, -0.2) is 13.1 Å². The van der Waals surface area contributed by atoms with Crippen molar-refractivity contribution in [1.29, 1.82) is 0 Å². The van der Waals surface area contributed by atoms with Crippen LogP contribution in [0.25, 0.3) is 0 Å². The highest BCUT2D eigenvalue weighted by Gasteiger charge is 2.12. The number of nitrogens with one attached hydrogen (secondary N) is 1. The van der Waals surface area contributed by atoms with Gasteiger partial charge in [0.05, 0.1) is 11.1 Å². The van der Waals surface area contributed by atoms with Gasteiger partial charge < -0.3 is 5.32 Å². The van der Waals surface area contributed by atoms with Crippen molar-refractivity contribution >= 4 is 21.6 Å². The van der Waals surface area contributed by atoms with Crippen LogP contribution < -0.4 is 5.32 Å². The fraction of sp³-hybridized carbons (Fsp3) is 0.333. The lowest BCUT2D eigenvalue weighted by molar-refractivity contribution is 0.102. The molecule has 7 heteroatoms. The molecule has 0 spiro atoms. The van der Waals surface area contributed by atoms with E-state index in [0.717, 1.165) is 6.26 Å². The van der Waals surface area contributed by atoms with Gasteiger partial charge in [-0.05, 0) is 30.2 Å². The van der Waals surface area contributed by atoms with Crippen LogP contribution >= 0.6 is 0 Å². The largest absolute Gasteiger partial charge is 0.307 e. The molecule has 0 bridgehead atoms. The molecule has 22 heavy (non-hydrogen) atoms. The topological polar surface area (TPSA) is 81.1 Å². The smallest absolute Gasteiger partial charge is 0.256 e. The lowest BCUT2D eigenvalue weighted by Crippen LogP contribution is -2.17. The van der Waals surface area contributed by atoms with Crippen molar-refractivity contribution in [3.05, 3.63) is 42.1 Å². The number of hydrogen-bond donors (Lipinski definition) is 1. The first kappa shape index (κ1) is 16.2. The highest BCUT2D eigenvalue weighted by Crippen LogP contribution is 2.14. The van der Waals surface area contributed by atoms with E-state index in [0.29, 0.717) is 23.8 Å². The lowest BCUT2D eigenvalue weighted by atomic mass is 10.2. The average molecular weight is 321 g/mol. The maximum Gasteiger partial charge on any atom is 0.256 e. The van der Waals surface area contributed by atoms with Crippen LogP contribution in [0, 0.1) is 5.92 Å². The van der Waals surface area contributed by atoms with Gasteiger partial charge in [0.15, 0.2) is 9.84 Å². The Kier molecular flexibility index (Phi) is 4.65. The molecular weight excluding hydrogens is 302 g/mol. The van der Waals surface area contributed by atoms with Gasteiger partial charge in [0.1, 0.15) is 5.82 Å². The molecule has 0 saturated carbocycles. The number of benzene rings is 1. The van der Waals surface area contributed by atoms with Crippen molar-refractivity contribution in [2.24, 2.45) is 5.92 Å². The maximum atomic E-state index is 12.2. The molecule has 0 aliphatic rings. The predicted octanol–water partition coefficient (Wildman–Crippen LogP) is 2.19. The van der Waals surface area contributed by atoms with Crippen molar-refractivity contribution in [2.75, 3.05) is 11.6 Å². The van der Waals surface area contributed by atoms with E-state index in [1.54, 1.807) is 16.9 Å². The van der Waals surface area contributed by atoms with E-state index in [2.05, 4.69) is 24.3 Å². The number of carbonyl (C=O) groups excluding carboxylic acids is 1. The van der Waals surface area contributed by atoms with Crippen LogP contribution in [-0.2, 0) is 16.4 Å². The van der Waals surface area contributed by atoms with E-state index in [1.165, 1.54) is 24.3 Å². The molecular formula is C15H19N3O3S. The number of nitrogens with zero attached hydrogens (tertiary/aromatic N) is 2. The number of hydrogen-bond acceptors (Lipinski definition) is 4. The molecule has 118 valence electrons. The van der Waals surface area contributed by atoms with E-state index in [4.69, 9.17) is 0 Å². The first-order valence-electron chi connectivity index (χ1n) is 6.90. The van der Waals surface area contributed by atoms with Crippen LogP contribution in [0.5, 0.6) is 0 Å². The zero-order valence-corrected chi connectivity index (χ0v) is 13.6. The number of sulfone groups is 1. The standard InChI is InChI=1S/C15H19N3O3S/c1-11(2)10-18-14(8-9-16-18)17-15(19)12-4-6-13(7-5-12)22(3,20)21/h4-9,11H,10H2,1-3H3,(H,17,19). The first-order valence-corrected chi connectivity index (χ1v) is 8.80. The van der Waals surface area contributed by atoms with E-state index >= 15 is 0 Å². The molecule has 2 aromatic rings. The second kappa shape index (κ2) is 6.31. The molecule has 0 atom stereocenters. The van der Waals surface area contributed by atoms with E-state index < -0.39 is 9.84 Å². The number of amides is 1. The Balaban J connectivity index is 2.14. The normalized spacial score (nSPS) is 11.6. The molecule has 0 fully saturated rings. The Bertz CT molecular complexity index is 762. The fourth-order valence-corrected chi connectivity index (χ4v) is 2.60. The highest BCUT2D eigenvalue weighted by atomic mass is 32.2. The minimum atomic E-state index is -3.26. The summed E-state index contributed by atoms with van der Waals surface area (Å²) in [6.07, 6.45) is 2.76. The Morgan fingerprint density at radius 1 is 1.23 bits per heavy atom. The third-order valence-corrected chi connectivity index (χ3v) is 4.17. The van der Waals surface area contributed by atoms with Crippen LogP contribution in [-0.4, -0.2) is 30.4 Å². The molecule has 0 unspecified atom stereocenters. The zero-order valence-electron chi connectivity index (χ0n) is 12.8. The average Bonchev–Trinajstić information content (AvgIpc) is 2.84. The molecule has 0 aliphatic carbocycles. The van der Waals surface area contributed by atoms with Gasteiger partial charge >= 0.3 is 0 Å². The summed E-state index contributed by atoms with van der Waals surface area (Å²) in [4.78, 5) is 12.4. The van der Waals surface area contributed by atoms with Gasteiger partial charge in [0, 0.05) is 24.4 Å². The van der Waals surface area contributed by atoms with E-state index in [9.17, 15) is 13.2 Å². The molecule has 1 heterocycles. The predicted molar refractivity (Wildman–Crippen MR) is 84.6 cm³/mol. The van der Waals surface area contributed by atoms with Crippen molar-refractivity contribution in [2.45, 2.75) is 25.3 Å². The molecule has 0 radical (unpaired) electrons. The fourth-order valence-electron chi connectivity index (χ4n) is 1.97. The quantitative estimate of drug-likeness (QED) is 0.915. The highest BCUT2D eigenvalue weighted by molar-refractivity contribution is 7.90. The summed E-state index contributed by atoms with van der Waals surface area (Å²) in [7, 11) is -3.26. The van der Waals surface area contributed by atoms with Crippen LogP contribution in [0.3, 0.4) is 0 Å². The Morgan fingerprint density at radius 2 is 1.86 bits per heavy atom. The second-order valence-electron chi connectivity index (χ2n) is 5.54. The summed E-state index contributed by atoms with van der Waals surface area (Å²) in [5.74, 6) is 0.723. The van der Waals surface area contributed by atoms with Crippen molar-refractivity contribution < 1.29 is 13.2 Å². The van der Waals surface area contributed by atoms with Crippen LogP contribution in [0.15, 0.2) is 41.4 Å². The number of anilines is 1. The Hall–Kier alpha value is -2.15. The van der Waals surface area contributed by atoms with E-state index in [1.807, 2.05) is 0 Å². The molecule has 0 aliphatic heterocycles. The molecule has 1 amide bonds. The van der Waals surface area contributed by atoms with Gasteiger partial charge in [-0.15, -0.1) is 0 Å². The van der Waals surface area contributed by atoms with Gasteiger partial charge in [0.25, 0.3) is 5.91 Å². The third-order valence-electron chi connectivity index (χ3n) is 3.04. The maximum absolute atomic E-state index is 12.2. The monoisotopic (exact) mass is 321 g/mol. The van der Waals surface area contributed by atoms with Crippen LogP contribution in [0.4, 0.5) is 5.82 Å². The van der Waals surface area contributed by atoms with Crippen molar-refractivity contribution in [3.8, 4) is 0 Å². The minimum Gasteiger partial charge on any atom is -0.307 e. The summed E-state index contributed by atoms with van der Waals surface area (Å²) in [5.41, 5.74) is 0.393. The number of aromatic nitrogens is 2.